The first-order valence-electron chi connectivity index (χ1n) is 8.01. The van der Waals surface area contributed by atoms with Gasteiger partial charge in [0.25, 0.3) is 0 Å². The Hall–Kier alpha value is -0.910. The molecule has 0 bridgehead atoms. The summed E-state index contributed by atoms with van der Waals surface area (Å²) < 4.78 is 11.1. The van der Waals surface area contributed by atoms with Gasteiger partial charge in [-0.1, -0.05) is 18.9 Å². The molecule has 21 heavy (non-hydrogen) atoms. The van der Waals surface area contributed by atoms with Crippen LogP contribution in [0.5, 0.6) is 0 Å². The Morgan fingerprint density at radius 2 is 2.10 bits per heavy atom. The maximum Gasteiger partial charge on any atom is 0.246 e. The highest BCUT2D eigenvalue weighted by molar-refractivity contribution is 5.77. The minimum absolute atomic E-state index is 0.0675. The monoisotopic (exact) mass is 298 g/mol. The number of nitrogens with one attached hydrogen (secondary N) is 2. The number of rotatable bonds is 9. The van der Waals surface area contributed by atoms with E-state index in [1.165, 1.54) is 24.8 Å². The largest absolute Gasteiger partial charge is 0.378 e. The van der Waals surface area contributed by atoms with Gasteiger partial charge in [0, 0.05) is 13.1 Å². The van der Waals surface area contributed by atoms with Gasteiger partial charge in [0.1, 0.15) is 6.61 Å². The third-order valence-electron chi connectivity index (χ3n) is 3.63. The van der Waals surface area contributed by atoms with Crippen LogP contribution in [0.25, 0.3) is 0 Å². The third kappa shape index (κ3) is 8.86. The van der Waals surface area contributed by atoms with Crippen LogP contribution in [0, 0.1) is 0 Å². The molecule has 0 aromatic carbocycles. The highest BCUT2D eigenvalue weighted by Gasteiger charge is 2.14. The standard InChI is InChI=1S/C16H30N2O3/c1-14-7-5-3-4-6-8-15(14)21-13-16(19)18-10-12-20-11-9-17-2/h7,15,17H,3-6,8-13H2,1-2H3,(H,18,19)/b14-7+. The van der Waals surface area contributed by atoms with E-state index in [0.717, 1.165) is 19.4 Å². The normalized spacial score (nSPS) is 22.0. The molecule has 1 atom stereocenters. The number of carbonyl (C=O) groups is 1. The summed E-state index contributed by atoms with van der Waals surface area (Å²) >= 11 is 0. The third-order valence-corrected chi connectivity index (χ3v) is 3.63. The molecule has 122 valence electrons. The lowest BCUT2D eigenvalue weighted by atomic mass is 9.98. The second-order valence-corrected chi connectivity index (χ2v) is 5.45. The zero-order chi connectivity index (χ0) is 15.3. The Morgan fingerprint density at radius 3 is 2.90 bits per heavy atom. The lowest BCUT2D eigenvalue weighted by Gasteiger charge is -2.20. The molecular weight excluding hydrogens is 268 g/mol. The fourth-order valence-corrected chi connectivity index (χ4v) is 2.32. The van der Waals surface area contributed by atoms with Crippen molar-refractivity contribution in [1.82, 2.24) is 10.6 Å². The molecule has 0 fully saturated rings. The summed E-state index contributed by atoms with van der Waals surface area (Å²) in [6.07, 6.45) is 8.18. The molecule has 1 amide bonds. The molecule has 0 radical (unpaired) electrons. The number of allylic oxidation sites excluding steroid dienone is 1. The molecule has 1 aliphatic rings. The van der Waals surface area contributed by atoms with Crippen LogP contribution in [0.3, 0.4) is 0 Å². The van der Waals surface area contributed by atoms with E-state index in [4.69, 9.17) is 9.47 Å². The fraction of sp³-hybridized carbons (Fsp3) is 0.812. The molecule has 2 N–H and O–H groups in total. The molecule has 1 unspecified atom stereocenters. The van der Waals surface area contributed by atoms with Crippen molar-refractivity contribution in [3.8, 4) is 0 Å². The average Bonchev–Trinajstić information content (AvgIpc) is 2.46. The summed E-state index contributed by atoms with van der Waals surface area (Å²) in [5.41, 5.74) is 1.26. The first-order valence-corrected chi connectivity index (χ1v) is 8.01. The van der Waals surface area contributed by atoms with E-state index in [-0.39, 0.29) is 18.6 Å². The number of hydrogen-bond donors (Lipinski definition) is 2. The number of ether oxygens (including phenoxy) is 2. The summed E-state index contributed by atoms with van der Waals surface area (Å²) in [4.78, 5) is 11.7. The van der Waals surface area contributed by atoms with Crippen LogP contribution in [0.15, 0.2) is 11.6 Å². The van der Waals surface area contributed by atoms with Crippen LogP contribution in [0.4, 0.5) is 0 Å². The van der Waals surface area contributed by atoms with Crippen molar-refractivity contribution in [3.05, 3.63) is 11.6 Å². The van der Waals surface area contributed by atoms with Gasteiger partial charge in [0.15, 0.2) is 0 Å². The summed E-state index contributed by atoms with van der Waals surface area (Å²) in [5.74, 6) is -0.0675. The molecule has 1 rings (SSSR count). The molecule has 5 nitrogen and oxygen atoms in total. The van der Waals surface area contributed by atoms with Crippen molar-refractivity contribution in [2.75, 3.05) is 40.0 Å². The first-order chi connectivity index (χ1) is 10.2. The van der Waals surface area contributed by atoms with Gasteiger partial charge in [-0.15, -0.1) is 0 Å². The molecule has 0 aromatic heterocycles. The van der Waals surface area contributed by atoms with E-state index in [9.17, 15) is 4.79 Å². The molecule has 0 saturated heterocycles. The molecule has 0 aliphatic heterocycles. The minimum atomic E-state index is -0.0675. The van der Waals surface area contributed by atoms with Gasteiger partial charge in [-0.3, -0.25) is 4.79 Å². The number of carbonyl (C=O) groups excluding carboxylic acids is 1. The van der Waals surface area contributed by atoms with E-state index >= 15 is 0 Å². The Bertz CT molecular complexity index is 319. The van der Waals surface area contributed by atoms with Crippen LogP contribution in [0.1, 0.15) is 39.0 Å². The Balaban J connectivity index is 2.12. The lowest BCUT2D eigenvalue weighted by molar-refractivity contribution is -0.127. The zero-order valence-corrected chi connectivity index (χ0v) is 13.5. The fourth-order valence-electron chi connectivity index (χ4n) is 2.32. The van der Waals surface area contributed by atoms with Gasteiger partial charge < -0.3 is 20.1 Å². The smallest absolute Gasteiger partial charge is 0.246 e. The summed E-state index contributed by atoms with van der Waals surface area (Å²) in [6, 6.07) is 0. The van der Waals surface area contributed by atoms with Gasteiger partial charge in [-0.05, 0) is 38.8 Å². The van der Waals surface area contributed by atoms with Crippen LogP contribution >= 0.6 is 0 Å². The summed E-state index contributed by atoms with van der Waals surface area (Å²) in [6.45, 7) is 4.79. The number of likely N-dealkylation sites (N-methyl/N-ethyl adjacent to an activating group) is 1. The van der Waals surface area contributed by atoms with Crippen molar-refractivity contribution in [3.63, 3.8) is 0 Å². The van der Waals surface area contributed by atoms with Crippen molar-refractivity contribution in [2.24, 2.45) is 0 Å². The molecule has 0 aromatic rings. The van der Waals surface area contributed by atoms with E-state index in [1.54, 1.807) is 0 Å². The molecule has 0 spiro atoms. The molecule has 0 heterocycles. The highest BCUT2D eigenvalue weighted by atomic mass is 16.5. The van der Waals surface area contributed by atoms with Gasteiger partial charge in [0.05, 0.1) is 19.3 Å². The summed E-state index contributed by atoms with van der Waals surface area (Å²) in [5, 5.41) is 5.81. The highest BCUT2D eigenvalue weighted by Crippen LogP contribution is 2.19. The SMILES string of the molecule is CNCCOCCNC(=O)COC1CCCCC/C=C/1C. The van der Waals surface area contributed by atoms with E-state index in [0.29, 0.717) is 19.8 Å². The van der Waals surface area contributed by atoms with Crippen LogP contribution < -0.4 is 10.6 Å². The predicted octanol–water partition coefficient (Wildman–Crippen LogP) is 1.63. The van der Waals surface area contributed by atoms with Crippen LogP contribution in [-0.2, 0) is 14.3 Å². The van der Waals surface area contributed by atoms with Crippen molar-refractivity contribution in [2.45, 2.75) is 45.1 Å². The Labute approximate surface area is 128 Å². The predicted molar refractivity (Wildman–Crippen MR) is 84.3 cm³/mol. The second kappa shape index (κ2) is 11.7. The van der Waals surface area contributed by atoms with Crippen LogP contribution in [0.2, 0.25) is 0 Å². The van der Waals surface area contributed by atoms with E-state index < -0.39 is 0 Å². The minimum Gasteiger partial charge on any atom is -0.378 e. The van der Waals surface area contributed by atoms with E-state index in [1.807, 2.05) is 7.05 Å². The molecule has 5 heteroatoms. The number of amides is 1. The topological polar surface area (TPSA) is 59.6 Å². The second-order valence-electron chi connectivity index (χ2n) is 5.45. The Kier molecular flexibility index (Phi) is 10.1. The molecule has 1 aliphatic carbocycles. The molecule has 0 saturated carbocycles. The molecular formula is C16H30N2O3. The summed E-state index contributed by atoms with van der Waals surface area (Å²) in [7, 11) is 1.88. The number of hydrogen-bond acceptors (Lipinski definition) is 4. The Morgan fingerprint density at radius 1 is 1.29 bits per heavy atom. The maximum atomic E-state index is 11.7. The van der Waals surface area contributed by atoms with Crippen LogP contribution in [-0.4, -0.2) is 52.0 Å². The maximum absolute atomic E-state index is 11.7. The lowest BCUT2D eigenvalue weighted by Crippen LogP contribution is -2.33. The quantitative estimate of drug-likeness (QED) is 0.502. The van der Waals surface area contributed by atoms with Crippen molar-refractivity contribution in [1.29, 1.82) is 0 Å². The van der Waals surface area contributed by atoms with Crippen molar-refractivity contribution < 1.29 is 14.3 Å². The van der Waals surface area contributed by atoms with Crippen molar-refractivity contribution >= 4 is 5.91 Å². The first kappa shape index (κ1) is 18.1. The van der Waals surface area contributed by atoms with E-state index in [2.05, 4.69) is 23.6 Å². The van der Waals surface area contributed by atoms with Gasteiger partial charge in [-0.2, -0.15) is 0 Å². The average molecular weight is 298 g/mol. The van der Waals surface area contributed by atoms with Gasteiger partial charge in [0.2, 0.25) is 5.91 Å². The van der Waals surface area contributed by atoms with Gasteiger partial charge in [-0.25, -0.2) is 0 Å². The zero-order valence-electron chi connectivity index (χ0n) is 13.5. The van der Waals surface area contributed by atoms with Gasteiger partial charge >= 0.3 is 0 Å².